The number of aryl methyl sites for hydroxylation is 1. The highest BCUT2D eigenvalue weighted by atomic mass is 79.9. The number of hydrogen-bond donors (Lipinski definition) is 1. The summed E-state index contributed by atoms with van der Waals surface area (Å²) < 4.78 is 6.68. The lowest BCUT2D eigenvalue weighted by Gasteiger charge is -2.10. The molecule has 1 aromatic heterocycles. The highest BCUT2D eigenvalue weighted by Gasteiger charge is 2.10. The number of nitrogens with two attached hydrogens (primary N) is 1. The summed E-state index contributed by atoms with van der Waals surface area (Å²) >= 11 is 3.44. The van der Waals surface area contributed by atoms with E-state index in [-0.39, 0.29) is 0 Å². The number of rotatable bonds is 2. The number of aromatic nitrogens is 2. The number of nitrogens with zero attached hydrogens (tertiary/aromatic N) is 2. The number of anilines is 1. The third-order valence-corrected chi connectivity index (χ3v) is 3.66. The van der Waals surface area contributed by atoms with Gasteiger partial charge >= 0.3 is 0 Å². The fourth-order valence-electron chi connectivity index (χ4n) is 1.99. The molecule has 5 heteroatoms. The zero-order valence-corrected chi connectivity index (χ0v) is 12.4. The molecule has 0 unspecified atom stereocenters. The summed E-state index contributed by atoms with van der Waals surface area (Å²) in [4.78, 5) is 0. The number of halogens is 1. The van der Waals surface area contributed by atoms with E-state index in [4.69, 9.17) is 10.5 Å². The van der Waals surface area contributed by atoms with E-state index in [1.54, 1.807) is 12.1 Å². The molecule has 1 heterocycles. The molecule has 0 saturated carbocycles. The molecule has 3 rings (SSSR count). The Balaban J connectivity index is 2.11. The van der Waals surface area contributed by atoms with Crippen molar-refractivity contribution in [3.8, 4) is 11.6 Å². The maximum Gasteiger partial charge on any atom is 0.246 e. The fraction of sp³-hybridized carbons (Fsp3) is 0.0667. The molecule has 100 valence electrons. The van der Waals surface area contributed by atoms with E-state index in [0.29, 0.717) is 17.3 Å². The van der Waals surface area contributed by atoms with Crippen molar-refractivity contribution in [1.29, 1.82) is 0 Å². The van der Waals surface area contributed by atoms with Gasteiger partial charge in [0.05, 0.1) is 10.2 Å². The molecule has 2 aromatic carbocycles. The predicted molar refractivity (Wildman–Crippen MR) is 82.9 cm³/mol. The van der Waals surface area contributed by atoms with Crippen LogP contribution in [0.15, 0.2) is 46.9 Å². The van der Waals surface area contributed by atoms with Crippen LogP contribution in [0.5, 0.6) is 11.6 Å². The number of hydrogen-bond acceptors (Lipinski definition) is 4. The molecule has 0 bridgehead atoms. The fourth-order valence-corrected chi connectivity index (χ4v) is 2.32. The van der Waals surface area contributed by atoms with E-state index in [1.807, 2.05) is 37.3 Å². The van der Waals surface area contributed by atoms with Crippen molar-refractivity contribution in [1.82, 2.24) is 10.2 Å². The van der Waals surface area contributed by atoms with Crippen LogP contribution in [0.4, 0.5) is 5.69 Å². The summed E-state index contributed by atoms with van der Waals surface area (Å²) in [6, 6.07) is 13.3. The highest BCUT2D eigenvalue weighted by molar-refractivity contribution is 9.10. The summed E-state index contributed by atoms with van der Waals surface area (Å²) in [5, 5.41) is 10.2. The van der Waals surface area contributed by atoms with Gasteiger partial charge in [0.15, 0.2) is 0 Å². The van der Waals surface area contributed by atoms with Gasteiger partial charge in [0.2, 0.25) is 5.88 Å². The number of benzene rings is 2. The SMILES string of the molecule is Cc1nnc(Oc2cc(N)ccc2Br)c2ccccc12. The zero-order valence-electron chi connectivity index (χ0n) is 10.8. The summed E-state index contributed by atoms with van der Waals surface area (Å²) in [6.07, 6.45) is 0. The summed E-state index contributed by atoms with van der Waals surface area (Å²) in [6.45, 7) is 1.93. The molecular weight excluding hydrogens is 318 g/mol. The molecule has 0 amide bonds. The Hall–Kier alpha value is -2.14. The molecule has 3 aromatic rings. The second-order valence-electron chi connectivity index (χ2n) is 4.43. The van der Waals surface area contributed by atoms with Gasteiger partial charge in [0, 0.05) is 22.5 Å². The lowest BCUT2D eigenvalue weighted by Crippen LogP contribution is -1.96. The van der Waals surface area contributed by atoms with Gasteiger partial charge in [-0.05, 0) is 41.1 Å². The monoisotopic (exact) mass is 329 g/mol. The minimum Gasteiger partial charge on any atom is -0.436 e. The van der Waals surface area contributed by atoms with E-state index in [2.05, 4.69) is 26.1 Å². The average Bonchev–Trinajstić information content (AvgIpc) is 2.46. The summed E-state index contributed by atoms with van der Waals surface area (Å²) in [5.74, 6) is 1.09. The van der Waals surface area contributed by atoms with Gasteiger partial charge in [0.1, 0.15) is 5.75 Å². The minimum absolute atomic E-state index is 0.470. The van der Waals surface area contributed by atoms with Crippen LogP contribution in [-0.2, 0) is 0 Å². The van der Waals surface area contributed by atoms with Crippen LogP contribution in [0.1, 0.15) is 5.69 Å². The predicted octanol–water partition coefficient (Wildman–Crippen LogP) is 4.08. The quantitative estimate of drug-likeness (QED) is 0.720. The molecule has 0 aliphatic carbocycles. The Morgan fingerprint density at radius 3 is 2.60 bits per heavy atom. The molecular formula is C15H12BrN3O. The van der Waals surface area contributed by atoms with Gasteiger partial charge in [-0.2, -0.15) is 5.10 Å². The second-order valence-corrected chi connectivity index (χ2v) is 5.28. The Kier molecular flexibility index (Phi) is 3.28. The first-order valence-electron chi connectivity index (χ1n) is 6.10. The Labute approximate surface area is 124 Å². The molecule has 0 atom stereocenters. The molecule has 4 nitrogen and oxygen atoms in total. The van der Waals surface area contributed by atoms with E-state index >= 15 is 0 Å². The van der Waals surface area contributed by atoms with Crippen molar-refractivity contribution in [3.63, 3.8) is 0 Å². The maximum atomic E-state index is 5.86. The first-order chi connectivity index (χ1) is 9.65. The minimum atomic E-state index is 0.470. The molecule has 20 heavy (non-hydrogen) atoms. The Morgan fingerprint density at radius 1 is 1.05 bits per heavy atom. The van der Waals surface area contributed by atoms with Crippen LogP contribution in [0.2, 0.25) is 0 Å². The third kappa shape index (κ3) is 2.32. The van der Waals surface area contributed by atoms with Gasteiger partial charge in [-0.25, -0.2) is 0 Å². The molecule has 0 spiro atoms. The first kappa shape index (κ1) is 12.9. The van der Waals surface area contributed by atoms with E-state index < -0.39 is 0 Å². The van der Waals surface area contributed by atoms with Crippen LogP contribution in [-0.4, -0.2) is 10.2 Å². The number of ether oxygens (including phenoxy) is 1. The van der Waals surface area contributed by atoms with Crippen molar-refractivity contribution in [2.24, 2.45) is 0 Å². The molecule has 2 N–H and O–H groups in total. The topological polar surface area (TPSA) is 61.0 Å². The van der Waals surface area contributed by atoms with Gasteiger partial charge < -0.3 is 10.5 Å². The largest absolute Gasteiger partial charge is 0.436 e. The normalized spacial score (nSPS) is 10.7. The Bertz CT molecular complexity index is 789. The standard InChI is InChI=1S/C15H12BrN3O/c1-9-11-4-2-3-5-12(11)15(19-18-9)20-14-8-10(17)6-7-13(14)16/h2-8H,17H2,1H3. The number of fused-ring (bicyclic) bond motifs is 1. The van der Waals surface area contributed by atoms with E-state index in [0.717, 1.165) is 20.9 Å². The van der Waals surface area contributed by atoms with Crippen LogP contribution in [0, 0.1) is 6.92 Å². The van der Waals surface area contributed by atoms with Crippen LogP contribution in [0.25, 0.3) is 10.8 Å². The lowest BCUT2D eigenvalue weighted by molar-refractivity contribution is 0.459. The molecule has 0 aliphatic rings. The van der Waals surface area contributed by atoms with Crippen LogP contribution >= 0.6 is 15.9 Å². The Morgan fingerprint density at radius 2 is 1.80 bits per heavy atom. The maximum absolute atomic E-state index is 5.86. The molecule has 0 radical (unpaired) electrons. The van der Waals surface area contributed by atoms with Crippen molar-refractivity contribution >= 4 is 32.4 Å². The van der Waals surface area contributed by atoms with Crippen molar-refractivity contribution < 1.29 is 4.74 Å². The average molecular weight is 330 g/mol. The first-order valence-corrected chi connectivity index (χ1v) is 6.89. The second kappa shape index (κ2) is 5.09. The van der Waals surface area contributed by atoms with E-state index in [1.165, 1.54) is 0 Å². The lowest BCUT2D eigenvalue weighted by atomic mass is 10.1. The van der Waals surface area contributed by atoms with Crippen molar-refractivity contribution in [2.45, 2.75) is 6.92 Å². The summed E-state index contributed by atoms with van der Waals surface area (Å²) in [5.41, 5.74) is 7.29. The van der Waals surface area contributed by atoms with Gasteiger partial charge in [-0.15, -0.1) is 5.10 Å². The van der Waals surface area contributed by atoms with Crippen molar-refractivity contribution in [3.05, 3.63) is 52.6 Å². The highest BCUT2D eigenvalue weighted by Crippen LogP contribution is 2.33. The van der Waals surface area contributed by atoms with Gasteiger partial charge in [-0.3, -0.25) is 0 Å². The smallest absolute Gasteiger partial charge is 0.246 e. The van der Waals surface area contributed by atoms with Crippen LogP contribution in [0.3, 0.4) is 0 Å². The molecule has 0 aliphatic heterocycles. The zero-order chi connectivity index (χ0) is 14.1. The van der Waals surface area contributed by atoms with E-state index in [9.17, 15) is 0 Å². The van der Waals surface area contributed by atoms with Gasteiger partial charge in [0.25, 0.3) is 0 Å². The molecule has 0 saturated heterocycles. The third-order valence-electron chi connectivity index (χ3n) is 3.00. The van der Waals surface area contributed by atoms with Crippen LogP contribution < -0.4 is 10.5 Å². The molecule has 0 fully saturated rings. The van der Waals surface area contributed by atoms with Gasteiger partial charge in [-0.1, -0.05) is 18.2 Å². The summed E-state index contributed by atoms with van der Waals surface area (Å²) in [7, 11) is 0. The van der Waals surface area contributed by atoms with Crippen molar-refractivity contribution in [2.75, 3.05) is 5.73 Å². The number of nitrogen functional groups attached to an aromatic ring is 1.